The molecule has 0 unspecified atom stereocenters. The second-order valence-corrected chi connectivity index (χ2v) is 6.65. The predicted molar refractivity (Wildman–Crippen MR) is 107 cm³/mol. The highest BCUT2D eigenvalue weighted by atomic mass is 35.5. The van der Waals surface area contributed by atoms with Crippen molar-refractivity contribution in [3.8, 4) is 0 Å². The largest absolute Gasteiger partial charge is 0.419 e. The topological polar surface area (TPSA) is 72.4 Å². The molecule has 0 radical (unpaired) electrons. The van der Waals surface area contributed by atoms with Gasteiger partial charge in [-0.1, -0.05) is 29.3 Å². The first-order valence-corrected chi connectivity index (χ1v) is 8.91. The first-order chi connectivity index (χ1) is 13.0. The van der Waals surface area contributed by atoms with E-state index in [0.29, 0.717) is 22.3 Å². The molecular weight excluding hydrogens is 389 g/mol. The molecule has 27 heavy (non-hydrogen) atoms. The highest BCUT2D eigenvalue weighted by Gasteiger charge is 2.12. The van der Waals surface area contributed by atoms with E-state index in [1.54, 1.807) is 37.4 Å². The molecule has 0 aliphatic carbocycles. The van der Waals surface area contributed by atoms with E-state index in [1.165, 1.54) is 0 Å². The number of anilines is 1. The molecule has 0 saturated carbocycles. The van der Waals surface area contributed by atoms with Gasteiger partial charge < -0.3 is 14.6 Å². The molecule has 1 heterocycles. The van der Waals surface area contributed by atoms with Gasteiger partial charge in [0, 0.05) is 38.4 Å². The minimum absolute atomic E-state index is 0.0418. The van der Waals surface area contributed by atoms with Crippen molar-refractivity contribution in [3.05, 3.63) is 64.3 Å². The Hall–Kier alpha value is -2.54. The maximum atomic E-state index is 11.7. The molecule has 140 valence electrons. The number of likely N-dealkylation sites (N-methyl/N-ethyl adjacent to an activating group) is 1. The Kier molecular flexibility index (Phi) is 6.01. The minimum Gasteiger partial charge on any atom is -0.375 e. The normalized spacial score (nSPS) is 10.8. The molecule has 0 fully saturated rings. The van der Waals surface area contributed by atoms with Gasteiger partial charge in [-0.15, -0.1) is 0 Å². The van der Waals surface area contributed by atoms with Gasteiger partial charge in [0.25, 0.3) is 0 Å². The average molecular weight is 406 g/mol. The Labute approximate surface area is 166 Å². The summed E-state index contributed by atoms with van der Waals surface area (Å²) in [6, 6.07) is 12.7. The van der Waals surface area contributed by atoms with Gasteiger partial charge in [-0.05, 0) is 43.4 Å². The van der Waals surface area contributed by atoms with E-state index in [-0.39, 0.29) is 6.54 Å². The van der Waals surface area contributed by atoms with Crippen molar-refractivity contribution in [3.63, 3.8) is 0 Å². The lowest BCUT2D eigenvalue weighted by atomic mass is 10.2. The fourth-order valence-electron chi connectivity index (χ4n) is 2.70. The van der Waals surface area contributed by atoms with Crippen LogP contribution < -0.4 is 10.6 Å². The molecule has 1 amide bonds. The monoisotopic (exact) mass is 405 g/mol. The van der Waals surface area contributed by atoms with E-state index < -0.39 is 12.1 Å². The number of amides is 1. The standard InChI is InChI=1S/C19H17Cl2N3O3/c1-22-10-18(25)27-19(26)23-13-5-6-17-12(9-13)7-8-24(17)11-14-15(20)3-2-4-16(14)21/h2-9,22H,10-11H2,1H3,(H,23,26). The zero-order valence-corrected chi connectivity index (χ0v) is 16.0. The number of carbonyl (C=O) groups excluding carboxylic acids is 2. The third kappa shape index (κ3) is 4.60. The molecule has 0 bridgehead atoms. The maximum absolute atomic E-state index is 11.7. The second-order valence-electron chi connectivity index (χ2n) is 5.83. The van der Waals surface area contributed by atoms with Gasteiger partial charge in [0.1, 0.15) is 0 Å². The first-order valence-electron chi connectivity index (χ1n) is 8.16. The van der Waals surface area contributed by atoms with E-state index in [0.717, 1.165) is 16.5 Å². The van der Waals surface area contributed by atoms with E-state index in [2.05, 4.69) is 15.4 Å². The summed E-state index contributed by atoms with van der Waals surface area (Å²) < 4.78 is 6.65. The fraction of sp³-hybridized carbons (Fsp3) is 0.158. The van der Waals surface area contributed by atoms with Crippen LogP contribution in [-0.4, -0.2) is 30.2 Å². The van der Waals surface area contributed by atoms with Crippen LogP contribution in [0.1, 0.15) is 5.56 Å². The number of halogens is 2. The first kappa shape index (κ1) is 19.2. The number of nitrogens with one attached hydrogen (secondary N) is 2. The summed E-state index contributed by atoms with van der Waals surface area (Å²) >= 11 is 12.5. The van der Waals surface area contributed by atoms with Gasteiger partial charge in [0.05, 0.1) is 13.1 Å². The number of hydrogen-bond acceptors (Lipinski definition) is 4. The van der Waals surface area contributed by atoms with Crippen molar-refractivity contribution in [1.82, 2.24) is 9.88 Å². The van der Waals surface area contributed by atoms with E-state index in [9.17, 15) is 9.59 Å². The highest BCUT2D eigenvalue weighted by Crippen LogP contribution is 2.27. The van der Waals surface area contributed by atoms with Crippen molar-refractivity contribution in [2.75, 3.05) is 18.9 Å². The fourth-order valence-corrected chi connectivity index (χ4v) is 3.21. The van der Waals surface area contributed by atoms with Crippen LogP contribution >= 0.6 is 23.2 Å². The molecule has 1 aromatic heterocycles. The van der Waals surface area contributed by atoms with Crippen LogP contribution in [0, 0.1) is 0 Å². The Morgan fingerprint density at radius 1 is 1.11 bits per heavy atom. The van der Waals surface area contributed by atoms with Gasteiger partial charge >= 0.3 is 12.1 Å². The summed E-state index contributed by atoms with van der Waals surface area (Å²) in [6.07, 6.45) is 1.10. The van der Waals surface area contributed by atoms with Gasteiger partial charge in [-0.2, -0.15) is 0 Å². The zero-order valence-electron chi connectivity index (χ0n) is 14.5. The Balaban J connectivity index is 1.77. The van der Waals surface area contributed by atoms with E-state index >= 15 is 0 Å². The number of fused-ring (bicyclic) bond motifs is 1. The van der Waals surface area contributed by atoms with Crippen molar-refractivity contribution >= 4 is 51.9 Å². The van der Waals surface area contributed by atoms with Crippen LogP contribution in [0.25, 0.3) is 10.9 Å². The van der Waals surface area contributed by atoms with Crippen LogP contribution in [0.5, 0.6) is 0 Å². The highest BCUT2D eigenvalue weighted by molar-refractivity contribution is 6.36. The van der Waals surface area contributed by atoms with Crippen molar-refractivity contribution in [2.45, 2.75) is 6.54 Å². The zero-order chi connectivity index (χ0) is 19.4. The summed E-state index contributed by atoms with van der Waals surface area (Å²) in [5.74, 6) is -0.654. The number of carbonyl (C=O) groups is 2. The molecule has 2 aromatic carbocycles. The Bertz CT molecular complexity index is 981. The molecule has 0 aliphatic rings. The molecule has 0 saturated heterocycles. The minimum atomic E-state index is -0.822. The van der Waals surface area contributed by atoms with Crippen LogP contribution in [0.3, 0.4) is 0 Å². The Morgan fingerprint density at radius 3 is 2.56 bits per heavy atom. The summed E-state index contributed by atoms with van der Waals surface area (Å²) in [7, 11) is 1.59. The lowest BCUT2D eigenvalue weighted by Gasteiger charge is -2.10. The second kappa shape index (κ2) is 8.43. The number of rotatable bonds is 5. The summed E-state index contributed by atoms with van der Waals surface area (Å²) in [4.78, 5) is 23.1. The number of aromatic nitrogens is 1. The van der Waals surface area contributed by atoms with Crippen molar-refractivity contribution in [2.24, 2.45) is 0 Å². The van der Waals surface area contributed by atoms with Gasteiger partial charge in [-0.3, -0.25) is 10.1 Å². The lowest BCUT2D eigenvalue weighted by Crippen LogP contribution is -2.26. The molecule has 6 nitrogen and oxygen atoms in total. The predicted octanol–water partition coefficient (Wildman–Crippen LogP) is 4.29. The molecular formula is C19H17Cl2N3O3. The van der Waals surface area contributed by atoms with Crippen LogP contribution in [0.4, 0.5) is 10.5 Å². The quantitative estimate of drug-likeness (QED) is 0.490. The molecule has 0 spiro atoms. The maximum Gasteiger partial charge on any atom is 0.419 e. The smallest absolute Gasteiger partial charge is 0.375 e. The van der Waals surface area contributed by atoms with E-state index in [1.807, 2.05) is 22.9 Å². The molecule has 3 rings (SSSR count). The SMILES string of the molecule is CNCC(=O)OC(=O)Nc1ccc2c(ccn2Cc2c(Cl)cccc2Cl)c1. The van der Waals surface area contributed by atoms with E-state index in [4.69, 9.17) is 23.2 Å². The summed E-state index contributed by atoms with van der Waals surface area (Å²) in [5, 5.41) is 7.28. The third-order valence-corrected chi connectivity index (χ3v) is 4.64. The van der Waals surface area contributed by atoms with Crippen molar-refractivity contribution < 1.29 is 14.3 Å². The number of benzene rings is 2. The average Bonchev–Trinajstić information content (AvgIpc) is 3.00. The molecule has 8 heteroatoms. The van der Waals surface area contributed by atoms with Gasteiger partial charge in [0.15, 0.2) is 0 Å². The van der Waals surface area contributed by atoms with Crippen LogP contribution in [-0.2, 0) is 16.1 Å². The molecule has 2 N–H and O–H groups in total. The van der Waals surface area contributed by atoms with Crippen molar-refractivity contribution in [1.29, 1.82) is 0 Å². The molecule has 0 aliphatic heterocycles. The third-order valence-electron chi connectivity index (χ3n) is 3.94. The van der Waals surface area contributed by atoms with Gasteiger partial charge in [-0.25, -0.2) is 4.79 Å². The molecule has 0 atom stereocenters. The number of ether oxygens (including phenoxy) is 1. The van der Waals surface area contributed by atoms with Crippen LogP contribution in [0.15, 0.2) is 48.7 Å². The van der Waals surface area contributed by atoms with Gasteiger partial charge in [0.2, 0.25) is 0 Å². The van der Waals surface area contributed by atoms with Crippen LogP contribution in [0.2, 0.25) is 10.0 Å². The number of nitrogens with zero attached hydrogens (tertiary/aromatic N) is 1. The summed E-state index contributed by atoms with van der Waals surface area (Å²) in [6.45, 7) is 0.481. The number of hydrogen-bond donors (Lipinski definition) is 2. The number of esters is 1. The summed E-state index contributed by atoms with van der Waals surface area (Å²) in [5.41, 5.74) is 2.32. The lowest BCUT2D eigenvalue weighted by molar-refractivity contribution is -0.135. The molecule has 3 aromatic rings. The Morgan fingerprint density at radius 2 is 1.85 bits per heavy atom.